The molecule has 0 aliphatic heterocycles. The molecule has 4 aromatic rings. The molecule has 8 heteroatoms. The third-order valence-corrected chi connectivity index (χ3v) is 5.13. The van der Waals surface area contributed by atoms with Crippen LogP contribution >= 0.6 is 15.9 Å². The van der Waals surface area contributed by atoms with Gasteiger partial charge in [-0.3, -0.25) is 18.7 Å². The Morgan fingerprint density at radius 2 is 1.67 bits per heavy atom. The molecular formula is C22H17BrN4O3. The second-order valence-electron chi connectivity index (χ2n) is 6.67. The molecule has 0 saturated carbocycles. The molecular weight excluding hydrogens is 448 g/mol. The number of amides is 1. The predicted octanol–water partition coefficient (Wildman–Crippen LogP) is 3.01. The second-order valence-corrected chi connectivity index (χ2v) is 7.59. The van der Waals surface area contributed by atoms with Gasteiger partial charge in [-0.15, -0.1) is 0 Å². The summed E-state index contributed by atoms with van der Waals surface area (Å²) in [5.41, 5.74) is 0.834. The Hall–Kier alpha value is -3.52. The molecule has 2 aromatic carbocycles. The number of fused-ring (bicyclic) bond motifs is 1. The number of benzene rings is 2. The minimum Gasteiger partial charge on any atom is -0.325 e. The topological polar surface area (TPSA) is 86.0 Å². The summed E-state index contributed by atoms with van der Waals surface area (Å²) in [6, 6.07) is 19.6. The van der Waals surface area contributed by atoms with Gasteiger partial charge in [0.2, 0.25) is 5.91 Å². The molecule has 0 aliphatic rings. The van der Waals surface area contributed by atoms with Crippen molar-refractivity contribution in [2.24, 2.45) is 0 Å². The van der Waals surface area contributed by atoms with Crippen LogP contribution in [0.15, 0.2) is 87.0 Å². The number of rotatable bonds is 5. The Morgan fingerprint density at radius 1 is 0.933 bits per heavy atom. The molecule has 1 N–H and O–H groups in total. The van der Waals surface area contributed by atoms with E-state index in [1.807, 2.05) is 30.3 Å². The van der Waals surface area contributed by atoms with E-state index < -0.39 is 11.2 Å². The summed E-state index contributed by atoms with van der Waals surface area (Å²) in [7, 11) is 0. The van der Waals surface area contributed by atoms with Crippen molar-refractivity contribution in [3.05, 3.63) is 104 Å². The van der Waals surface area contributed by atoms with E-state index in [0.717, 1.165) is 14.6 Å². The number of hydrogen-bond acceptors (Lipinski definition) is 4. The molecule has 0 bridgehead atoms. The van der Waals surface area contributed by atoms with Crippen molar-refractivity contribution in [1.29, 1.82) is 0 Å². The van der Waals surface area contributed by atoms with Crippen LogP contribution in [0.25, 0.3) is 11.0 Å². The molecule has 2 heterocycles. The molecule has 0 radical (unpaired) electrons. The number of hydrogen-bond donors (Lipinski definition) is 1. The predicted molar refractivity (Wildman–Crippen MR) is 119 cm³/mol. The number of nitrogens with one attached hydrogen (secondary N) is 1. The fraction of sp³-hybridized carbons (Fsp3) is 0.0909. The maximum atomic E-state index is 13.2. The van der Waals surface area contributed by atoms with Crippen LogP contribution in [-0.4, -0.2) is 20.0 Å². The number of halogens is 1. The summed E-state index contributed by atoms with van der Waals surface area (Å²) in [6.07, 6.45) is 1.49. The summed E-state index contributed by atoms with van der Waals surface area (Å²) in [6.45, 7) is -0.147. The molecule has 4 rings (SSSR count). The van der Waals surface area contributed by atoms with Gasteiger partial charge in [-0.1, -0.05) is 46.3 Å². The van der Waals surface area contributed by atoms with Gasteiger partial charge in [0, 0.05) is 16.4 Å². The molecule has 0 aliphatic carbocycles. The van der Waals surface area contributed by atoms with E-state index in [-0.39, 0.29) is 24.5 Å². The van der Waals surface area contributed by atoms with Gasteiger partial charge in [-0.25, -0.2) is 9.78 Å². The molecule has 7 nitrogen and oxygen atoms in total. The molecule has 0 atom stereocenters. The number of carbonyl (C=O) groups excluding carboxylic acids is 1. The molecule has 2 aromatic heterocycles. The molecule has 0 spiro atoms. The SMILES string of the molecule is O=C(Cn1c(=O)n(Cc2ccccc2)c(=O)c2ncccc21)Nc1ccc(Br)cc1. The maximum absolute atomic E-state index is 13.2. The van der Waals surface area contributed by atoms with E-state index in [4.69, 9.17) is 0 Å². The first kappa shape index (κ1) is 19.8. The molecule has 1 amide bonds. The van der Waals surface area contributed by atoms with E-state index in [2.05, 4.69) is 26.2 Å². The largest absolute Gasteiger partial charge is 0.332 e. The van der Waals surface area contributed by atoms with E-state index in [0.29, 0.717) is 11.2 Å². The van der Waals surface area contributed by atoms with E-state index in [1.165, 1.54) is 10.8 Å². The number of carbonyl (C=O) groups is 1. The first-order valence-electron chi connectivity index (χ1n) is 9.20. The highest BCUT2D eigenvalue weighted by molar-refractivity contribution is 9.10. The van der Waals surface area contributed by atoms with E-state index in [1.54, 1.807) is 36.4 Å². The fourth-order valence-electron chi connectivity index (χ4n) is 3.18. The lowest BCUT2D eigenvalue weighted by atomic mass is 10.2. The Kier molecular flexibility index (Phi) is 5.58. The Morgan fingerprint density at radius 3 is 2.40 bits per heavy atom. The van der Waals surface area contributed by atoms with Gasteiger partial charge in [-0.05, 0) is 42.0 Å². The molecule has 0 saturated heterocycles. The van der Waals surface area contributed by atoms with Crippen LogP contribution in [0.4, 0.5) is 5.69 Å². The van der Waals surface area contributed by atoms with Gasteiger partial charge >= 0.3 is 5.69 Å². The average Bonchev–Trinajstić information content (AvgIpc) is 2.76. The van der Waals surface area contributed by atoms with Crippen molar-refractivity contribution < 1.29 is 4.79 Å². The highest BCUT2D eigenvalue weighted by Gasteiger charge is 2.16. The third kappa shape index (κ3) is 4.08. The molecule has 30 heavy (non-hydrogen) atoms. The summed E-state index contributed by atoms with van der Waals surface area (Å²) in [5, 5.41) is 2.77. The van der Waals surface area contributed by atoms with Gasteiger partial charge in [0.05, 0.1) is 12.1 Å². The van der Waals surface area contributed by atoms with Crippen molar-refractivity contribution in [1.82, 2.24) is 14.1 Å². The zero-order valence-electron chi connectivity index (χ0n) is 15.8. The van der Waals surface area contributed by atoms with Crippen LogP contribution in [0.3, 0.4) is 0 Å². The highest BCUT2D eigenvalue weighted by Crippen LogP contribution is 2.14. The number of pyridine rings is 1. The quantitative estimate of drug-likeness (QED) is 0.491. The van der Waals surface area contributed by atoms with Crippen molar-refractivity contribution in [2.45, 2.75) is 13.1 Å². The summed E-state index contributed by atoms with van der Waals surface area (Å²) in [4.78, 5) is 42.8. The van der Waals surface area contributed by atoms with Crippen molar-refractivity contribution in [2.75, 3.05) is 5.32 Å². The lowest BCUT2D eigenvalue weighted by Gasteiger charge is -2.14. The molecule has 0 fully saturated rings. The minimum absolute atomic E-state index is 0.0966. The van der Waals surface area contributed by atoms with Crippen LogP contribution in [-0.2, 0) is 17.9 Å². The van der Waals surface area contributed by atoms with Crippen molar-refractivity contribution in [3.63, 3.8) is 0 Å². The lowest BCUT2D eigenvalue weighted by Crippen LogP contribution is -2.42. The summed E-state index contributed by atoms with van der Waals surface area (Å²) >= 11 is 3.35. The van der Waals surface area contributed by atoms with Crippen LogP contribution in [0.2, 0.25) is 0 Å². The zero-order valence-corrected chi connectivity index (χ0v) is 17.4. The smallest absolute Gasteiger partial charge is 0.325 e. The maximum Gasteiger partial charge on any atom is 0.332 e. The van der Waals surface area contributed by atoms with Crippen molar-refractivity contribution >= 4 is 38.6 Å². The standard InChI is InChI=1S/C22H17BrN4O3/c23-16-8-10-17(11-9-16)25-19(28)14-26-18-7-4-12-24-20(18)21(29)27(22(26)30)13-15-5-2-1-3-6-15/h1-12H,13-14H2,(H,25,28). The van der Waals surface area contributed by atoms with E-state index in [9.17, 15) is 14.4 Å². The Bertz CT molecular complexity index is 1330. The fourth-order valence-corrected chi connectivity index (χ4v) is 3.44. The summed E-state index contributed by atoms with van der Waals surface area (Å²) < 4.78 is 3.28. The Labute approximate surface area is 179 Å². The number of aromatic nitrogens is 3. The van der Waals surface area contributed by atoms with Crippen LogP contribution in [0, 0.1) is 0 Å². The average molecular weight is 465 g/mol. The number of nitrogens with zero attached hydrogens (tertiary/aromatic N) is 3. The monoisotopic (exact) mass is 464 g/mol. The van der Waals surface area contributed by atoms with E-state index >= 15 is 0 Å². The van der Waals surface area contributed by atoms with Gasteiger partial charge in [0.25, 0.3) is 5.56 Å². The van der Waals surface area contributed by atoms with Crippen LogP contribution in [0.5, 0.6) is 0 Å². The zero-order chi connectivity index (χ0) is 21.1. The van der Waals surface area contributed by atoms with Crippen LogP contribution < -0.4 is 16.6 Å². The summed E-state index contributed by atoms with van der Waals surface area (Å²) in [5.74, 6) is -0.380. The van der Waals surface area contributed by atoms with Crippen LogP contribution in [0.1, 0.15) is 5.56 Å². The lowest BCUT2D eigenvalue weighted by molar-refractivity contribution is -0.116. The van der Waals surface area contributed by atoms with Gasteiger partial charge < -0.3 is 5.32 Å². The minimum atomic E-state index is -0.560. The van der Waals surface area contributed by atoms with Crippen molar-refractivity contribution in [3.8, 4) is 0 Å². The molecule has 0 unspecified atom stereocenters. The Balaban J connectivity index is 1.74. The first-order valence-corrected chi connectivity index (χ1v) is 10.00. The third-order valence-electron chi connectivity index (χ3n) is 4.60. The van der Waals surface area contributed by atoms with Gasteiger partial charge in [0.1, 0.15) is 6.54 Å². The second kappa shape index (κ2) is 8.46. The normalized spacial score (nSPS) is 10.8. The van der Waals surface area contributed by atoms with Gasteiger partial charge in [0.15, 0.2) is 5.52 Å². The molecule has 150 valence electrons. The first-order chi connectivity index (χ1) is 14.5. The highest BCUT2D eigenvalue weighted by atomic mass is 79.9. The number of anilines is 1. The van der Waals surface area contributed by atoms with Gasteiger partial charge in [-0.2, -0.15) is 0 Å².